The van der Waals surface area contributed by atoms with Crippen molar-refractivity contribution in [1.29, 1.82) is 0 Å². The van der Waals surface area contributed by atoms with E-state index in [-0.39, 0.29) is 83.2 Å². The van der Waals surface area contributed by atoms with Gasteiger partial charge in [-0.3, -0.25) is 24.0 Å². The maximum absolute atomic E-state index is 14.6. The number of ketones is 3. The molecule has 0 aromatic heterocycles. The van der Waals surface area contributed by atoms with Gasteiger partial charge in [0.15, 0.2) is 15.6 Å². The molecule has 1 aromatic carbocycles. The lowest BCUT2D eigenvalue weighted by atomic mass is 9.76. The van der Waals surface area contributed by atoms with Crippen LogP contribution in [0, 0.1) is 52.8 Å². The molecule has 4 fully saturated rings. The maximum atomic E-state index is 14.6. The van der Waals surface area contributed by atoms with Crippen molar-refractivity contribution >= 4 is 39.0 Å². The van der Waals surface area contributed by atoms with E-state index in [1.165, 1.54) is 0 Å². The van der Waals surface area contributed by atoms with Crippen LogP contribution in [0.25, 0.3) is 0 Å². The average Bonchev–Trinajstić information content (AvgIpc) is 3.90. The summed E-state index contributed by atoms with van der Waals surface area (Å²) in [5.74, 6) is -3.67. The number of nitrogens with zero attached hydrogens (tertiary/aromatic N) is 1. The van der Waals surface area contributed by atoms with E-state index in [4.69, 9.17) is 5.73 Å². The molecule has 5 rings (SSSR count). The summed E-state index contributed by atoms with van der Waals surface area (Å²) in [6, 6.07) is 8.36. The number of rotatable bonds is 18. The Hall–Kier alpha value is -2.88. The number of fused-ring (bicyclic) bond motifs is 1. The minimum atomic E-state index is -3.48. The van der Waals surface area contributed by atoms with Gasteiger partial charge in [0, 0.05) is 37.6 Å². The zero-order chi connectivity index (χ0) is 35.7. The molecule has 1 saturated heterocycles. The number of hydrogen-bond donors (Lipinski definition) is 1. The van der Waals surface area contributed by atoms with Crippen LogP contribution in [0.1, 0.15) is 104 Å². The Kier molecular flexibility index (Phi) is 11.6. The molecule has 0 radical (unpaired) electrons. The van der Waals surface area contributed by atoms with Gasteiger partial charge >= 0.3 is 0 Å². The van der Waals surface area contributed by atoms with E-state index < -0.39 is 39.4 Å². The van der Waals surface area contributed by atoms with Gasteiger partial charge in [-0.1, -0.05) is 90.1 Å². The van der Waals surface area contributed by atoms with Crippen LogP contribution in [0.4, 0.5) is 0 Å². The lowest BCUT2D eigenvalue weighted by molar-refractivity contribution is -0.147. The molecule has 49 heavy (non-hydrogen) atoms. The molecule has 270 valence electrons. The van der Waals surface area contributed by atoms with Crippen LogP contribution < -0.4 is 5.73 Å². The Morgan fingerprint density at radius 1 is 0.918 bits per heavy atom. The Morgan fingerprint density at radius 2 is 1.57 bits per heavy atom. The summed E-state index contributed by atoms with van der Waals surface area (Å²) >= 11 is 0. The lowest BCUT2D eigenvalue weighted by Gasteiger charge is -2.37. The van der Waals surface area contributed by atoms with Crippen molar-refractivity contribution in [3.8, 4) is 0 Å². The van der Waals surface area contributed by atoms with Crippen molar-refractivity contribution in [3.63, 3.8) is 0 Å². The van der Waals surface area contributed by atoms with Crippen LogP contribution in [0.5, 0.6) is 0 Å². The van der Waals surface area contributed by atoms with Crippen molar-refractivity contribution < 1.29 is 32.4 Å². The van der Waals surface area contributed by atoms with E-state index in [2.05, 4.69) is 13.8 Å². The molecule has 6 atom stereocenters. The number of nitrogens with two attached hydrogens (primary N) is 1. The molecule has 1 heterocycles. The fraction of sp³-hybridized carbons (Fsp3) is 0.718. The maximum Gasteiger partial charge on any atom is 0.285 e. The van der Waals surface area contributed by atoms with Crippen molar-refractivity contribution in [2.45, 2.75) is 110 Å². The van der Waals surface area contributed by atoms with E-state index in [9.17, 15) is 32.4 Å². The highest BCUT2D eigenvalue weighted by Gasteiger charge is 2.69. The highest BCUT2D eigenvalue weighted by molar-refractivity contribution is 7.90. The van der Waals surface area contributed by atoms with Crippen LogP contribution in [0.15, 0.2) is 30.3 Å². The van der Waals surface area contributed by atoms with Crippen LogP contribution in [0.3, 0.4) is 0 Å². The molecule has 1 aromatic rings. The number of primary amides is 1. The van der Waals surface area contributed by atoms with Gasteiger partial charge in [-0.05, 0) is 65.7 Å². The van der Waals surface area contributed by atoms with E-state index in [0.717, 1.165) is 44.9 Å². The quantitative estimate of drug-likeness (QED) is 0.204. The number of benzene rings is 1. The first-order chi connectivity index (χ1) is 23.1. The predicted molar refractivity (Wildman–Crippen MR) is 187 cm³/mol. The third kappa shape index (κ3) is 9.08. The molecule has 4 aliphatic rings. The second-order valence-electron chi connectivity index (χ2n) is 16.7. The Labute approximate surface area is 292 Å². The summed E-state index contributed by atoms with van der Waals surface area (Å²) in [6.45, 7) is 8.54. The van der Waals surface area contributed by atoms with E-state index in [1.54, 1.807) is 17.0 Å². The summed E-state index contributed by atoms with van der Waals surface area (Å²) in [4.78, 5) is 68.9. The molecular formula is C39H56N2O7S. The van der Waals surface area contributed by atoms with Crippen LogP contribution in [0.2, 0.25) is 0 Å². The number of carbonyl (C=O) groups excluding carboxylic acids is 5. The molecular weight excluding hydrogens is 641 g/mol. The first-order valence-electron chi connectivity index (χ1n) is 18.5. The molecule has 3 aliphatic carbocycles. The van der Waals surface area contributed by atoms with Crippen LogP contribution in [-0.4, -0.2) is 60.8 Å². The second-order valence-corrected chi connectivity index (χ2v) is 18.8. The van der Waals surface area contributed by atoms with Crippen LogP contribution >= 0.6 is 0 Å². The number of likely N-dealkylation sites (tertiary alicyclic amines) is 1. The minimum absolute atomic E-state index is 0.0178. The number of piperidine rings is 1. The van der Waals surface area contributed by atoms with Crippen molar-refractivity contribution in [1.82, 2.24) is 4.90 Å². The second kappa shape index (κ2) is 15.2. The lowest BCUT2D eigenvalue weighted by Crippen LogP contribution is -2.50. The van der Waals surface area contributed by atoms with E-state index in [1.807, 2.05) is 32.0 Å². The van der Waals surface area contributed by atoms with Gasteiger partial charge in [0.25, 0.3) is 5.91 Å². The number of sulfone groups is 1. The highest BCUT2D eigenvalue weighted by Crippen LogP contribution is 2.65. The molecule has 0 bridgehead atoms. The van der Waals surface area contributed by atoms with Gasteiger partial charge < -0.3 is 10.6 Å². The molecule has 9 nitrogen and oxygen atoms in total. The van der Waals surface area contributed by atoms with E-state index >= 15 is 0 Å². The minimum Gasteiger partial charge on any atom is -0.363 e. The molecule has 2 N–H and O–H groups in total. The number of hydrogen-bond acceptors (Lipinski definition) is 7. The van der Waals surface area contributed by atoms with Crippen molar-refractivity contribution in [2.75, 3.05) is 12.3 Å². The smallest absolute Gasteiger partial charge is 0.285 e. The topological polar surface area (TPSA) is 149 Å². The van der Waals surface area contributed by atoms with E-state index in [0.29, 0.717) is 24.4 Å². The number of amides is 2. The predicted octanol–water partition coefficient (Wildman–Crippen LogP) is 5.33. The van der Waals surface area contributed by atoms with Gasteiger partial charge in [0.1, 0.15) is 5.78 Å². The third-order valence-corrected chi connectivity index (χ3v) is 14.0. The van der Waals surface area contributed by atoms with Gasteiger partial charge in [0.2, 0.25) is 11.7 Å². The zero-order valence-electron chi connectivity index (χ0n) is 29.8. The zero-order valence-corrected chi connectivity index (χ0v) is 30.6. The summed E-state index contributed by atoms with van der Waals surface area (Å²) in [5.41, 5.74) is 5.97. The van der Waals surface area contributed by atoms with Crippen molar-refractivity contribution in [3.05, 3.63) is 35.9 Å². The summed E-state index contributed by atoms with van der Waals surface area (Å²) < 4.78 is 26.4. The Morgan fingerprint density at radius 3 is 2.16 bits per heavy atom. The van der Waals surface area contributed by atoms with Crippen molar-refractivity contribution in [2.24, 2.45) is 58.5 Å². The monoisotopic (exact) mass is 696 g/mol. The summed E-state index contributed by atoms with van der Waals surface area (Å²) in [7, 11) is -3.48. The SMILES string of the molecule is CC(C)[C@H](CC(=O)C[C@H](C(=O)N1CC2[C@@H]([C@H]1C(=O)CC(CC1CC1)C(=O)C(N)=O)C2(C)C)C1CCCCC1)CS(=O)(=O)Cc1ccccc1. The number of Topliss-reactive ketones (excluding diaryl/α,β-unsaturated/α-hetero) is 3. The molecule has 2 amide bonds. The number of carbonyl (C=O) groups is 5. The molecule has 10 heteroatoms. The first-order valence-corrected chi connectivity index (χ1v) is 20.3. The largest absolute Gasteiger partial charge is 0.363 e. The van der Waals surface area contributed by atoms with Gasteiger partial charge in [-0.25, -0.2) is 8.42 Å². The Bertz CT molecular complexity index is 1510. The van der Waals surface area contributed by atoms with Crippen LogP contribution in [-0.2, 0) is 39.6 Å². The summed E-state index contributed by atoms with van der Waals surface area (Å²) in [5, 5.41) is 0. The fourth-order valence-corrected chi connectivity index (χ4v) is 11.0. The van der Waals surface area contributed by atoms with Gasteiger partial charge in [-0.2, -0.15) is 0 Å². The molecule has 3 saturated carbocycles. The summed E-state index contributed by atoms with van der Waals surface area (Å²) in [6.07, 6.45) is 7.13. The van der Waals surface area contributed by atoms with Gasteiger partial charge in [-0.15, -0.1) is 0 Å². The standard InChI is InChI=1S/C39H56N2O7S/c1-24(2)29(23-49(47,48)22-26-11-7-5-8-12-26)18-30(42)20-31(27-13-9-6-10-14-27)38(46)41-21-32-34(39(32,3)4)35(41)33(43)19-28(17-25-15-16-25)36(44)37(40)45/h5,7-8,11-12,24-25,27-29,31-32,34-35H,6,9-10,13-23H2,1-4H3,(H2,40,45)/t28?,29-,31+,32?,34+,35-/m1/s1. The fourth-order valence-electron chi connectivity index (χ4n) is 9.01. The molecule has 1 aliphatic heterocycles. The average molecular weight is 697 g/mol. The highest BCUT2D eigenvalue weighted by atomic mass is 32.2. The van der Waals surface area contributed by atoms with Gasteiger partial charge in [0.05, 0.1) is 17.5 Å². The third-order valence-electron chi connectivity index (χ3n) is 12.3. The normalized spacial score (nSPS) is 25.3. The molecule has 0 spiro atoms. The Balaban J connectivity index is 1.32. The first kappa shape index (κ1) is 37.4. The molecule has 2 unspecified atom stereocenters.